The Morgan fingerprint density at radius 1 is 1.07 bits per heavy atom. The van der Waals surface area contributed by atoms with Gasteiger partial charge in [0.05, 0.1) is 5.75 Å². The summed E-state index contributed by atoms with van der Waals surface area (Å²) in [6.45, 7) is 7.71. The minimum absolute atomic E-state index is 0.0146. The molecule has 4 nitrogen and oxygen atoms in total. The molecule has 0 fully saturated rings. The van der Waals surface area contributed by atoms with Crippen LogP contribution in [0.2, 0.25) is 0 Å². The van der Waals surface area contributed by atoms with E-state index in [-0.39, 0.29) is 36.0 Å². The van der Waals surface area contributed by atoms with Gasteiger partial charge < -0.3 is 10.2 Å². The molecule has 0 unspecified atom stereocenters. The molecule has 1 N–H and O–H groups in total. The molecule has 2 aromatic rings. The van der Waals surface area contributed by atoms with Crippen molar-refractivity contribution in [1.82, 2.24) is 10.2 Å². The maximum Gasteiger partial charge on any atom is 0.242 e. The number of carbonyl (C=O) groups excluding carboxylic acids is 2. The van der Waals surface area contributed by atoms with E-state index >= 15 is 0 Å². The van der Waals surface area contributed by atoms with E-state index in [2.05, 4.69) is 5.32 Å². The number of hydrogen-bond donors (Lipinski definition) is 1. The topological polar surface area (TPSA) is 49.4 Å². The highest BCUT2D eigenvalue weighted by Gasteiger charge is 2.27. The number of rotatable bonds is 10. The lowest BCUT2D eigenvalue weighted by atomic mass is 10.1. The van der Waals surface area contributed by atoms with Crippen LogP contribution in [0.5, 0.6) is 0 Å². The van der Waals surface area contributed by atoms with E-state index in [9.17, 15) is 14.0 Å². The molecule has 0 aromatic heterocycles. The van der Waals surface area contributed by atoms with E-state index in [4.69, 9.17) is 0 Å². The van der Waals surface area contributed by atoms with Gasteiger partial charge in [-0.1, -0.05) is 49.4 Å². The molecule has 2 atom stereocenters. The smallest absolute Gasteiger partial charge is 0.242 e. The third-order valence-electron chi connectivity index (χ3n) is 5.21. The van der Waals surface area contributed by atoms with E-state index < -0.39 is 6.04 Å². The first-order valence-corrected chi connectivity index (χ1v) is 11.4. The Labute approximate surface area is 183 Å². The Morgan fingerprint density at radius 2 is 1.70 bits per heavy atom. The number of thioether (sulfide) groups is 1. The van der Waals surface area contributed by atoms with Gasteiger partial charge in [-0.3, -0.25) is 9.59 Å². The molecular weight excluding hydrogens is 399 g/mol. The minimum atomic E-state index is -0.690. The Hall–Kier alpha value is -2.34. The zero-order chi connectivity index (χ0) is 22.1. The van der Waals surface area contributed by atoms with E-state index in [0.717, 1.165) is 6.42 Å². The summed E-state index contributed by atoms with van der Waals surface area (Å²) in [6.07, 6.45) is 0.798. The normalized spacial score (nSPS) is 12.8. The summed E-state index contributed by atoms with van der Waals surface area (Å²) in [4.78, 5) is 27.2. The summed E-state index contributed by atoms with van der Waals surface area (Å²) in [5, 5.41) is 2.92. The van der Waals surface area contributed by atoms with Crippen molar-refractivity contribution < 1.29 is 14.0 Å². The lowest BCUT2D eigenvalue weighted by molar-refractivity contribution is -0.139. The quantitative estimate of drug-likeness (QED) is 0.594. The predicted octanol–water partition coefficient (Wildman–Crippen LogP) is 4.70. The molecule has 0 bridgehead atoms. The predicted molar refractivity (Wildman–Crippen MR) is 122 cm³/mol. The van der Waals surface area contributed by atoms with Crippen molar-refractivity contribution in [2.24, 2.45) is 0 Å². The van der Waals surface area contributed by atoms with Gasteiger partial charge in [-0.15, -0.1) is 11.8 Å². The number of aryl methyl sites for hydroxylation is 1. The van der Waals surface area contributed by atoms with Crippen molar-refractivity contribution in [3.05, 3.63) is 71.0 Å². The first-order chi connectivity index (χ1) is 14.3. The monoisotopic (exact) mass is 430 g/mol. The van der Waals surface area contributed by atoms with E-state index in [1.165, 1.54) is 33.9 Å². The van der Waals surface area contributed by atoms with E-state index in [1.807, 2.05) is 45.0 Å². The number of nitrogens with one attached hydrogen (secondary N) is 1. The number of benzene rings is 2. The average molecular weight is 431 g/mol. The average Bonchev–Trinajstić information content (AvgIpc) is 2.73. The second-order valence-corrected chi connectivity index (χ2v) is 8.51. The van der Waals surface area contributed by atoms with Gasteiger partial charge in [0, 0.05) is 23.9 Å². The Morgan fingerprint density at radius 3 is 2.33 bits per heavy atom. The van der Waals surface area contributed by atoms with Gasteiger partial charge in [0.2, 0.25) is 11.8 Å². The van der Waals surface area contributed by atoms with Crippen LogP contribution in [0, 0.1) is 12.7 Å². The molecule has 30 heavy (non-hydrogen) atoms. The lowest BCUT2D eigenvalue weighted by Crippen LogP contribution is -2.50. The molecule has 6 heteroatoms. The molecule has 0 heterocycles. The number of amides is 2. The molecule has 0 aliphatic heterocycles. The van der Waals surface area contributed by atoms with Crippen LogP contribution in [0.4, 0.5) is 4.39 Å². The van der Waals surface area contributed by atoms with Gasteiger partial charge in [0.15, 0.2) is 0 Å². The zero-order valence-corrected chi connectivity index (χ0v) is 19.0. The molecule has 0 aliphatic rings. The van der Waals surface area contributed by atoms with Gasteiger partial charge in [-0.25, -0.2) is 4.39 Å². The maximum absolute atomic E-state index is 14.2. The number of hydrogen-bond acceptors (Lipinski definition) is 3. The molecule has 0 spiro atoms. The molecule has 0 radical (unpaired) electrons. The van der Waals surface area contributed by atoms with Gasteiger partial charge in [0.25, 0.3) is 0 Å². The fourth-order valence-electron chi connectivity index (χ4n) is 2.96. The highest BCUT2D eigenvalue weighted by atomic mass is 32.2. The van der Waals surface area contributed by atoms with E-state index in [0.29, 0.717) is 11.3 Å². The molecule has 2 amide bonds. The van der Waals surface area contributed by atoms with Crippen LogP contribution in [0.15, 0.2) is 48.5 Å². The minimum Gasteiger partial charge on any atom is -0.352 e. The van der Waals surface area contributed by atoms with Crippen LogP contribution in [0.3, 0.4) is 0 Å². The van der Waals surface area contributed by atoms with Gasteiger partial charge >= 0.3 is 0 Å². The molecule has 2 aromatic carbocycles. The Balaban J connectivity index is 2.10. The Bertz CT molecular complexity index is 859. The molecular formula is C24H31FN2O2S. The summed E-state index contributed by atoms with van der Waals surface area (Å²) in [5.74, 6) is 0.155. The number of halogens is 1. The van der Waals surface area contributed by atoms with Crippen LogP contribution in [-0.4, -0.2) is 34.6 Å². The van der Waals surface area contributed by atoms with Crippen LogP contribution >= 0.6 is 11.8 Å². The molecule has 0 aliphatic carbocycles. The van der Waals surface area contributed by atoms with Crippen molar-refractivity contribution in [3.63, 3.8) is 0 Å². The zero-order valence-electron chi connectivity index (χ0n) is 18.2. The van der Waals surface area contributed by atoms with Crippen molar-refractivity contribution in [3.8, 4) is 0 Å². The highest BCUT2D eigenvalue weighted by molar-refractivity contribution is 7.99. The van der Waals surface area contributed by atoms with Gasteiger partial charge in [0.1, 0.15) is 11.9 Å². The van der Waals surface area contributed by atoms with Gasteiger partial charge in [-0.05, 0) is 44.4 Å². The summed E-state index contributed by atoms with van der Waals surface area (Å²) < 4.78 is 14.2. The molecule has 162 valence electrons. The first-order valence-electron chi connectivity index (χ1n) is 10.3. The molecule has 0 saturated heterocycles. The van der Waals surface area contributed by atoms with Crippen LogP contribution in [0.1, 0.15) is 43.9 Å². The summed E-state index contributed by atoms with van der Waals surface area (Å²) in [7, 11) is 0. The standard InChI is InChI=1S/C24H31FN2O2S/c1-5-18(3)26-24(29)19(4)27(14-20-11-8-9-13-22(20)25)23(28)16-30-15-21-12-7-6-10-17(21)2/h6-13,18-19H,5,14-16H2,1-4H3,(H,26,29)/t18-,19+/m0/s1. The second kappa shape index (κ2) is 11.7. The number of nitrogens with zero attached hydrogens (tertiary/aromatic N) is 1. The first kappa shape index (κ1) is 23.9. The fraction of sp³-hybridized carbons (Fsp3) is 0.417. The molecule has 0 saturated carbocycles. The van der Waals surface area contributed by atoms with Crippen molar-refractivity contribution in [2.45, 2.75) is 58.5 Å². The largest absolute Gasteiger partial charge is 0.352 e. The SMILES string of the molecule is CC[C@H](C)NC(=O)[C@@H](C)N(Cc1ccccc1F)C(=O)CSCc1ccccc1C. The van der Waals surface area contributed by atoms with E-state index in [1.54, 1.807) is 25.1 Å². The summed E-state index contributed by atoms with van der Waals surface area (Å²) in [6, 6.07) is 13.8. The third kappa shape index (κ3) is 6.87. The fourth-order valence-corrected chi connectivity index (χ4v) is 3.95. The van der Waals surface area contributed by atoms with Gasteiger partial charge in [-0.2, -0.15) is 0 Å². The second-order valence-electron chi connectivity index (χ2n) is 7.53. The summed E-state index contributed by atoms with van der Waals surface area (Å²) >= 11 is 1.50. The third-order valence-corrected chi connectivity index (χ3v) is 6.18. The highest BCUT2D eigenvalue weighted by Crippen LogP contribution is 2.19. The number of carbonyl (C=O) groups is 2. The van der Waals surface area contributed by atoms with Crippen molar-refractivity contribution in [2.75, 3.05) is 5.75 Å². The van der Waals surface area contributed by atoms with Crippen LogP contribution < -0.4 is 5.32 Å². The van der Waals surface area contributed by atoms with Crippen LogP contribution in [-0.2, 0) is 21.9 Å². The summed E-state index contributed by atoms with van der Waals surface area (Å²) in [5.41, 5.74) is 2.76. The maximum atomic E-state index is 14.2. The Kier molecular flexibility index (Phi) is 9.37. The lowest BCUT2D eigenvalue weighted by Gasteiger charge is -2.29. The molecule has 2 rings (SSSR count). The van der Waals surface area contributed by atoms with Crippen molar-refractivity contribution in [1.29, 1.82) is 0 Å². The van der Waals surface area contributed by atoms with Crippen LogP contribution in [0.25, 0.3) is 0 Å². The van der Waals surface area contributed by atoms with Crippen molar-refractivity contribution >= 4 is 23.6 Å².